The van der Waals surface area contributed by atoms with Gasteiger partial charge in [0.25, 0.3) is 0 Å². The summed E-state index contributed by atoms with van der Waals surface area (Å²) in [6.07, 6.45) is 1.89. The first kappa shape index (κ1) is 16.7. The Bertz CT molecular complexity index is 784. The van der Waals surface area contributed by atoms with Crippen molar-refractivity contribution in [3.8, 4) is 5.69 Å². The van der Waals surface area contributed by atoms with Crippen LogP contribution in [0, 0.1) is 6.92 Å². The van der Waals surface area contributed by atoms with Crippen LogP contribution in [0.25, 0.3) is 5.69 Å². The topological polar surface area (TPSA) is 67.2 Å². The van der Waals surface area contributed by atoms with Gasteiger partial charge in [-0.3, -0.25) is 4.21 Å². The largest absolute Gasteiger partial charge is 0.322 e. The summed E-state index contributed by atoms with van der Waals surface area (Å²) in [7, 11) is -0.894. The normalized spacial score (nSPS) is 20.0. The van der Waals surface area contributed by atoms with Crippen LogP contribution in [-0.4, -0.2) is 48.5 Å². The molecule has 7 heteroatoms. The third-order valence-corrected chi connectivity index (χ3v) is 6.02. The van der Waals surface area contributed by atoms with E-state index < -0.39 is 10.8 Å². The van der Waals surface area contributed by atoms with Crippen molar-refractivity contribution in [1.82, 2.24) is 14.7 Å². The molecule has 1 fully saturated rings. The van der Waals surface area contributed by atoms with Crippen molar-refractivity contribution in [3.63, 3.8) is 0 Å². The van der Waals surface area contributed by atoms with Crippen LogP contribution < -0.4 is 5.32 Å². The van der Waals surface area contributed by atoms with Gasteiger partial charge in [-0.2, -0.15) is 5.10 Å². The molecule has 2 aromatic rings. The summed E-state index contributed by atoms with van der Waals surface area (Å²) in [4.78, 5) is 14.2. The number of nitrogens with zero attached hydrogens (tertiary/aromatic N) is 3. The highest BCUT2D eigenvalue weighted by Gasteiger charge is 2.35. The van der Waals surface area contributed by atoms with Crippen LogP contribution in [0.5, 0.6) is 0 Å². The zero-order chi connectivity index (χ0) is 17.3. The van der Waals surface area contributed by atoms with E-state index in [0.717, 1.165) is 17.1 Å². The highest BCUT2D eigenvalue weighted by molar-refractivity contribution is 7.86. The first-order valence-electron chi connectivity index (χ1n) is 7.92. The van der Waals surface area contributed by atoms with E-state index in [2.05, 4.69) is 10.4 Å². The van der Waals surface area contributed by atoms with Crippen molar-refractivity contribution in [3.05, 3.63) is 42.2 Å². The SMILES string of the molecule is Cc1ccn(-c2cccc(NC(=O)N3CC[S@@](=O)C(C)(C)C3)c2)n1. The molecule has 2 amide bonds. The third kappa shape index (κ3) is 3.51. The first-order valence-corrected chi connectivity index (χ1v) is 9.24. The first-order chi connectivity index (χ1) is 11.3. The second kappa shape index (κ2) is 6.39. The molecular weight excluding hydrogens is 324 g/mol. The summed E-state index contributed by atoms with van der Waals surface area (Å²) in [5.41, 5.74) is 2.55. The molecule has 0 bridgehead atoms. The van der Waals surface area contributed by atoms with Gasteiger partial charge < -0.3 is 10.2 Å². The van der Waals surface area contributed by atoms with E-state index in [1.54, 1.807) is 9.58 Å². The molecule has 2 heterocycles. The van der Waals surface area contributed by atoms with Crippen LogP contribution in [0.2, 0.25) is 0 Å². The molecule has 0 saturated carbocycles. The molecule has 1 N–H and O–H groups in total. The molecule has 0 spiro atoms. The summed E-state index contributed by atoms with van der Waals surface area (Å²) in [5, 5.41) is 7.31. The molecule has 128 valence electrons. The maximum Gasteiger partial charge on any atom is 0.321 e. The van der Waals surface area contributed by atoms with Crippen LogP contribution >= 0.6 is 0 Å². The van der Waals surface area contributed by atoms with E-state index in [0.29, 0.717) is 18.8 Å². The number of nitrogens with one attached hydrogen (secondary N) is 1. The number of benzene rings is 1. The Morgan fingerprint density at radius 3 is 2.79 bits per heavy atom. The number of rotatable bonds is 2. The fourth-order valence-electron chi connectivity index (χ4n) is 2.74. The Labute approximate surface area is 144 Å². The lowest BCUT2D eigenvalue weighted by molar-refractivity contribution is 0.207. The zero-order valence-electron chi connectivity index (χ0n) is 14.2. The average molecular weight is 346 g/mol. The Balaban J connectivity index is 1.72. The number of aryl methyl sites for hydroxylation is 1. The lowest BCUT2D eigenvalue weighted by Crippen LogP contribution is -2.53. The second-order valence-electron chi connectivity index (χ2n) is 6.61. The van der Waals surface area contributed by atoms with Gasteiger partial charge in [0.05, 0.1) is 16.1 Å². The summed E-state index contributed by atoms with van der Waals surface area (Å²) >= 11 is 0. The van der Waals surface area contributed by atoms with Gasteiger partial charge in [0.1, 0.15) is 0 Å². The number of anilines is 1. The molecular formula is C17H22N4O2S. The minimum absolute atomic E-state index is 0.159. The quantitative estimate of drug-likeness (QED) is 0.909. The molecule has 1 aromatic carbocycles. The van der Waals surface area contributed by atoms with Gasteiger partial charge in [0, 0.05) is 41.5 Å². The van der Waals surface area contributed by atoms with Gasteiger partial charge in [-0.1, -0.05) is 6.07 Å². The molecule has 0 unspecified atom stereocenters. The molecule has 1 atom stereocenters. The number of carbonyl (C=O) groups excluding carboxylic acids is 1. The van der Waals surface area contributed by atoms with Crippen LogP contribution in [0.1, 0.15) is 19.5 Å². The van der Waals surface area contributed by atoms with Gasteiger partial charge in [0.2, 0.25) is 0 Å². The van der Waals surface area contributed by atoms with E-state index >= 15 is 0 Å². The van der Waals surface area contributed by atoms with Crippen molar-refractivity contribution in [1.29, 1.82) is 0 Å². The maximum atomic E-state index is 12.5. The molecule has 1 saturated heterocycles. The van der Waals surface area contributed by atoms with Crippen molar-refractivity contribution < 1.29 is 9.00 Å². The van der Waals surface area contributed by atoms with Gasteiger partial charge in [-0.25, -0.2) is 9.48 Å². The third-order valence-electron chi connectivity index (χ3n) is 4.11. The predicted octanol–water partition coefficient (Wildman–Crippen LogP) is 2.56. The van der Waals surface area contributed by atoms with E-state index in [1.165, 1.54) is 0 Å². The van der Waals surface area contributed by atoms with Crippen molar-refractivity contribution in [2.45, 2.75) is 25.5 Å². The molecule has 24 heavy (non-hydrogen) atoms. The number of urea groups is 1. The van der Waals surface area contributed by atoms with Crippen molar-refractivity contribution in [2.75, 3.05) is 24.2 Å². The van der Waals surface area contributed by atoms with Gasteiger partial charge in [0.15, 0.2) is 0 Å². The van der Waals surface area contributed by atoms with Crippen LogP contribution in [0.3, 0.4) is 0 Å². The van der Waals surface area contributed by atoms with E-state index in [4.69, 9.17) is 0 Å². The number of aromatic nitrogens is 2. The Morgan fingerprint density at radius 2 is 2.12 bits per heavy atom. The van der Waals surface area contributed by atoms with Gasteiger partial charge >= 0.3 is 6.03 Å². The minimum atomic E-state index is -0.894. The maximum absolute atomic E-state index is 12.5. The van der Waals surface area contributed by atoms with Crippen LogP contribution in [0.4, 0.5) is 10.5 Å². The smallest absolute Gasteiger partial charge is 0.321 e. The minimum Gasteiger partial charge on any atom is -0.322 e. The molecule has 1 aliphatic rings. The highest BCUT2D eigenvalue weighted by atomic mass is 32.2. The second-order valence-corrected chi connectivity index (χ2v) is 8.82. The lowest BCUT2D eigenvalue weighted by Gasteiger charge is -2.37. The summed E-state index contributed by atoms with van der Waals surface area (Å²) in [6, 6.07) is 9.34. The molecule has 1 aliphatic heterocycles. The molecule has 1 aromatic heterocycles. The summed E-state index contributed by atoms with van der Waals surface area (Å²) < 4.78 is 13.4. The summed E-state index contributed by atoms with van der Waals surface area (Å²) in [5.74, 6) is 0.521. The van der Waals surface area contributed by atoms with Crippen molar-refractivity contribution in [2.24, 2.45) is 0 Å². The van der Waals surface area contributed by atoms with Gasteiger partial charge in [-0.05, 0) is 45.0 Å². The molecule has 0 radical (unpaired) electrons. The lowest BCUT2D eigenvalue weighted by atomic mass is 10.2. The standard InChI is InChI=1S/C17H22N4O2S/c1-13-7-8-21(19-13)15-6-4-5-14(11-15)18-16(22)20-9-10-24(23)17(2,3)12-20/h4-8,11H,9-10,12H2,1-3H3,(H,18,22)/t24-/m1/s1. The number of amides is 2. The van der Waals surface area contributed by atoms with E-state index in [1.807, 2.05) is 57.3 Å². The number of hydrogen-bond acceptors (Lipinski definition) is 3. The Morgan fingerprint density at radius 1 is 1.33 bits per heavy atom. The number of hydrogen-bond donors (Lipinski definition) is 1. The average Bonchev–Trinajstić information content (AvgIpc) is 2.97. The monoisotopic (exact) mass is 346 g/mol. The van der Waals surface area contributed by atoms with Gasteiger partial charge in [-0.15, -0.1) is 0 Å². The van der Waals surface area contributed by atoms with Crippen LogP contribution in [-0.2, 0) is 10.8 Å². The Hall–Kier alpha value is -2.15. The molecule has 6 nitrogen and oxygen atoms in total. The predicted molar refractivity (Wildman–Crippen MR) is 96.0 cm³/mol. The highest BCUT2D eigenvalue weighted by Crippen LogP contribution is 2.21. The van der Waals surface area contributed by atoms with E-state index in [-0.39, 0.29) is 10.8 Å². The Kier molecular flexibility index (Phi) is 4.45. The fourth-order valence-corrected chi connectivity index (χ4v) is 3.98. The summed E-state index contributed by atoms with van der Waals surface area (Å²) in [6.45, 7) is 6.81. The fraction of sp³-hybridized carbons (Fsp3) is 0.412. The van der Waals surface area contributed by atoms with E-state index in [9.17, 15) is 9.00 Å². The number of carbonyl (C=O) groups is 1. The molecule has 0 aliphatic carbocycles. The van der Waals surface area contributed by atoms with Crippen molar-refractivity contribution >= 4 is 22.5 Å². The molecule has 3 rings (SSSR count). The van der Waals surface area contributed by atoms with Crippen LogP contribution in [0.15, 0.2) is 36.5 Å². The zero-order valence-corrected chi connectivity index (χ0v) is 15.0.